The molecule has 22 heavy (non-hydrogen) atoms. The number of ether oxygens (including phenoxy) is 1. The van der Waals surface area contributed by atoms with Crippen molar-refractivity contribution in [3.05, 3.63) is 29.8 Å². The Kier molecular flexibility index (Phi) is 4.40. The maximum absolute atomic E-state index is 12.9. The van der Waals surface area contributed by atoms with Gasteiger partial charge in [0.05, 0.1) is 18.4 Å². The molecule has 2 aliphatic rings. The number of fused-ring (bicyclic) bond motifs is 1. The molecule has 1 amide bonds. The van der Waals surface area contributed by atoms with E-state index in [-0.39, 0.29) is 30.4 Å². The second-order valence-corrected chi connectivity index (χ2v) is 6.80. The Morgan fingerprint density at radius 2 is 2.18 bits per heavy atom. The largest absolute Gasteiger partial charge is 0.481 e. The summed E-state index contributed by atoms with van der Waals surface area (Å²) in [5.41, 5.74) is 1.06. The van der Waals surface area contributed by atoms with Crippen LogP contribution in [0, 0.1) is 0 Å². The van der Waals surface area contributed by atoms with Crippen LogP contribution in [-0.2, 0) is 14.3 Å². The van der Waals surface area contributed by atoms with Gasteiger partial charge in [-0.25, -0.2) is 0 Å². The Bertz CT molecular complexity index is 591. The molecule has 0 aliphatic carbocycles. The maximum atomic E-state index is 12.9. The van der Waals surface area contributed by atoms with E-state index in [1.54, 1.807) is 23.8 Å². The summed E-state index contributed by atoms with van der Waals surface area (Å²) in [7, 11) is 1.61. The van der Waals surface area contributed by atoms with E-state index in [4.69, 9.17) is 9.84 Å². The lowest BCUT2D eigenvalue weighted by molar-refractivity contribution is -0.140. The number of rotatable bonds is 4. The number of methoxy groups -OCH3 is 1. The molecule has 5 nitrogen and oxygen atoms in total. The monoisotopic (exact) mass is 321 g/mol. The Labute approximate surface area is 133 Å². The van der Waals surface area contributed by atoms with Crippen LogP contribution in [0.3, 0.4) is 0 Å². The summed E-state index contributed by atoms with van der Waals surface area (Å²) in [5, 5.41) is 9.07. The third-order valence-electron chi connectivity index (χ3n) is 4.40. The van der Waals surface area contributed by atoms with Gasteiger partial charge in [-0.2, -0.15) is 0 Å². The van der Waals surface area contributed by atoms with Crippen molar-refractivity contribution < 1.29 is 19.4 Å². The lowest BCUT2D eigenvalue weighted by Gasteiger charge is -2.26. The highest BCUT2D eigenvalue weighted by Crippen LogP contribution is 2.41. The summed E-state index contributed by atoms with van der Waals surface area (Å²) in [6.45, 7) is 0.483. The number of carboxylic acid groups (broad SMARTS) is 1. The number of nitrogens with zero attached hydrogens (tertiary/aromatic N) is 1. The molecule has 0 radical (unpaired) electrons. The van der Waals surface area contributed by atoms with Crippen LogP contribution in [0.15, 0.2) is 29.2 Å². The normalized spacial score (nSPS) is 27.0. The predicted octanol–water partition coefficient (Wildman–Crippen LogP) is 1.97. The Balaban J connectivity index is 1.80. The summed E-state index contributed by atoms with van der Waals surface area (Å²) < 4.78 is 5.34. The molecular weight excluding hydrogens is 302 g/mol. The van der Waals surface area contributed by atoms with E-state index in [1.807, 2.05) is 24.3 Å². The van der Waals surface area contributed by atoms with Crippen LogP contribution >= 0.6 is 11.8 Å². The summed E-state index contributed by atoms with van der Waals surface area (Å²) in [6.07, 6.45) is 0.501. The highest BCUT2D eigenvalue weighted by Gasteiger charge is 2.41. The fourth-order valence-corrected chi connectivity index (χ4v) is 4.50. The number of thioether (sulfide) groups is 1. The zero-order chi connectivity index (χ0) is 15.7. The molecule has 6 heteroatoms. The standard InChI is InChI=1S/C16H19NO4S/c1-21-11-6-10(7-15(18)19)17(8-11)16(20)13-9-22-14-5-3-2-4-12(13)14/h2-5,10-11,13H,6-9H2,1H3,(H,18,19). The third-order valence-corrected chi connectivity index (χ3v) is 5.58. The second-order valence-electron chi connectivity index (χ2n) is 5.74. The number of carboxylic acids is 1. The lowest BCUT2D eigenvalue weighted by atomic mass is 9.99. The molecule has 1 saturated heterocycles. The van der Waals surface area contributed by atoms with Crippen LogP contribution in [-0.4, -0.2) is 53.4 Å². The molecular formula is C16H19NO4S. The SMILES string of the molecule is COC1CC(CC(=O)O)N(C(=O)C2CSc3ccccc32)C1. The summed E-state index contributed by atoms with van der Waals surface area (Å²) >= 11 is 1.69. The van der Waals surface area contributed by atoms with E-state index in [0.29, 0.717) is 13.0 Å². The van der Waals surface area contributed by atoms with Crippen LogP contribution in [0.1, 0.15) is 24.3 Å². The van der Waals surface area contributed by atoms with Gasteiger partial charge in [0.1, 0.15) is 0 Å². The summed E-state index contributed by atoms with van der Waals surface area (Å²) in [6, 6.07) is 7.68. The third kappa shape index (κ3) is 2.85. The minimum Gasteiger partial charge on any atom is -0.481 e. The lowest BCUT2D eigenvalue weighted by Crippen LogP contribution is -2.40. The molecule has 2 heterocycles. The number of benzene rings is 1. The van der Waals surface area contributed by atoms with Gasteiger partial charge in [-0.1, -0.05) is 18.2 Å². The van der Waals surface area contributed by atoms with Crippen molar-refractivity contribution in [1.82, 2.24) is 4.90 Å². The molecule has 1 fully saturated rings. The predicted molar refractivity (Wildman–Crippen MR) is 83.1 cm³/mol. The topological polar surface area (TPSA) is 66.8 Å². The van der Waals surface area contributed by atoms with Gasteiger partial charge >= 0.3 is 5.97 Å². The molecule has 1 aromatic carbocycles. The molecule has 118 valence electrons. The van der Waals surface area contributed by atoms with Crippen LogP contribution in [0.25, 0.3) is 0 Å². The van der Waals surface area contributed by atoms with Gasteiger partial charge in [0.2, 0.25) is 5.91 Å². The quantitative estimate of drug-likeness (QED) is 0.918. The first kappa shape index (κ1) is 15.4. The van der Waals surface area contributed by atoms with E-state index in [9.17, 15) is 9.59 Å². The van der Waals surface area contributed by atoms with Crippen LogP contribution in [0.2, 0.25) is 0 Å². The van der Waals surface area contributed by atoms with Gasteiger partial charge in [0.15, 0.2) is 0 Å². The van der Waals surface area contributed by atoms with Gasteiger partial charge < -0.3 is 14.7 Å². The molecule has 0 spiro atoms. The van der Waals surface area contributed by atoms with Gasteiger partial charge in [0, 0.05) is 30.3 Å². The molecule has 0 aromatic heterocycles. The number of hydrogen-bond donors (Lipinski definition) is 1. The highest BCUT2D eigenvalue weighted by molar-refractivity contribution is 7.99. The minimum atomic E-state index is -0.874. The molecule has 3 unspecified atom stereocenters. The van der Waals surface area contributed by atoms with Crippen LogP contribution in [0.5, 0.6) is 0 Å². The average Bonchev–Trinajstić information content (AvgIpc) is 3.10. The van der Waals surface area contributed by atoms with Crippen molar-refractivity contribution in [3.8, 4) is 0 Å². The number of aliphatic carboxylic acids is 1. The van der Waals surface area contributed by atoms with E-state index in [2.05, 4.69) is 0 Å². The number of hydrogen-bond acceptors (Lipinski definition) is 4. The summed E-state index contributed by atoms with van der Waals surface area (Å²) in [5.74, 6) is -0.288. The Hall–Kier alpha value is -1.53. The number of likely N-dealkylation sites (tertiary alicyclic amines) is 1. The van der Waals surface area contributed by atoms with E-state index >= 15 is 0 Å². The maximum Gasteiger partial charge on any atom is 0.305 e. The molecule has 1 aromatic rings. The van der Waals surface area contributed by atoms with Gasteiger partial charge in [-0.15, -0.1) is 11.8 Å². The van der Waals surface area contributed by atoms with Crippen molar-refractivity contribution in [3.63, 3.8) is 0 Å². The molecule has 1 N–H and O–H groups in total. The Morgan fingerprint density at radius 1 is 1.41 bits per heavy atom. The van der Waals surface area contributed by atoms with Crippen molar-refractivity contribution in [2.75, 3.05) is 19.4 Å². The molecule has 0 bridgehead atoms. The second kappa shape index (κ2) is 6.30. The first-order valence-electron chi connectivity index (χ1n) is 7.37. The first-order valence-corrected chi connectivity index (χ1v) is 8.35. The fourth-order valence-electron chi connectivity index (χ4n) is 3.28. The highest BCUT2D eigenvalue weighted by atomic mass is 32.2. The van der Waals surface area contributed by atoms with E-state index < -0.39 is 5.97 Å². The number of carbonyl (C=O) groups excluding carboxylic acids is 1. The van der Waals surface area contributed by atoms with Gasteiger partial charge in [0.25, 0.3) is 0 Å². The first-order chi connectivity index (χ1) is 10.6. The molecule has 3 rings (SSSR count). The zero-order valence-corrected chi connectivity index (χ0v) is 13.2. The van der Waals surface area contributed by atoms with Gasteiger partial charge in [-0.3, -0.25) is 9.59 Å². The molecule has 3 atom stereocenters. The zero-order valence-electron chi connectivity index (χ0n) is 12.4. The smallest absolute Gasteiger partial charge is 0.305 e. The molecule has 0 saturated carbocycles. The van der Waals surface area contributed by atoms with Crippen LogP contribution in [0.4, 0.5) is 0 Å². The van der Waals surface area contributed by atoms with Crippen molar-refractivity contribution in [2.24, 2.45) is 0 Å². The number of amides is 1. The minimum absolute atomic E-state index is 0.0207. The summed E-state index contributed by atoms with van der Waals surface area (Å²) in [4.78, 5) is 26.9. The van der Waals surface area contributed by atoms with Crippen molar-refractivity contribution in [2.45, 2.75) is 35.8 Å². The Morgan fingerprint density at radius 3 is 2.91 bits per heavy atom. The average molecular weight is 321 g/mol. The van der Waals surface area contributed by atoms with Crippen LogP contribution < -0.4 is 0 Å². The van der Waals surface area contributed by atoms with Crippen molar-refractivity contribution >= 4 is 23.6 Å². The van der Waals surface area contributed by atoms with E-state index in [1.165, 1.54) is 0 Å². The fraction of sp³-hybridized carbons (Fsp3) is 0.500. The van der Waals surface area contributed by atoms with Crippen molar-refractivity contribution in [1.29, 1.82) is 0 Å². The van der Waals surface area contributed by atoms with E-state index in [0.717, 1.165) is 16.2 Å². The van der Waals surface area contributed by atoms with Gasteiger partial charge in [-0.05, 0) is 18.1 Å². The number of carbonyl (C=O) groups is 2. The molecule has 2 aliphatic heterocycles.